The summed E-state index contributed by atoms with van der Waals surface area (Å²) in [6, 6.07) is 0. The van der Waals surface area contributed by atoms with Crippen LogP contribution in [0.25, 0.3) is 0 Å². The summed E-state index contributed by atoms with van der Waals surface area (Å²) in [4.78, 5) is 7.85. The van der Waals surface area contributed by atoms with Crippen LogP contribution < -0.4 is 14.8 Å². The van der Waals surface area contributed by atoms with E-state index in [1.807, 2.05) is 0 Å². The summed E-state index contributed by atoms with van der Waals surface area (Å²) < 4.78 is 28.2. The van der Waals surface area contributed by atoms with Gasteiger partial charge < -0.3 is 10.1 Å². The van der Waals surface area contributed by atoms with Crippen LogP contribution in [0.5, 0.6) is 5.88 Å². The quantitative estimate of drug-likeness (QED) is 0.533. The zero-order chi connectivity index (χ0) is 9.97. The summed E-state index contributed by atoms with van der Waals surface area (Å²) in [6.45, 7) is 0.328. The third-order valence-electron chi connectivity index (χ3n) is 1.62. The predicted molar refractivity (Wildman–Crippen MR) is 48.4 cm³/mol. The molecule has 1 aromatic heterocycles. The standard InChI is InChI=1S/C6H8N4O3S/c11-14(12)10-4-3-9-5-6(13-4)8-2-1-7-5/h1-2,4,14H,3H2,(H,7,9)(H,10,11,12). The smallest absolute Gasteiger partial charge is 0.259 e. The molecule has 1 unspecified atom stereocenters. The molecule has 1 aliphatic heterocycles. The van der Waals surface area contributed by atoms with Crippen LogP contribution in [0.4, 0.5) is 5.82 Å². The highest BCUT2D eigenvalue weighted by Crippen LogP contribution is 2.21. The van der Waals surface area contributed by atoms with Crippen molar-refractivity contribution < 1.29 is 13.2 Å². The van der Waals surface area contributed by atoms with E-state index in [1.165, 1.54) is 12.4 Å². The number of ether oxygens (including phenoxy) is 1. The van der Waals surface area contributed by atoms with Gasteiger partial charge in [0.2, 0.25) is 10.9 Å². The van der Waals surface area contributed by atoms with Crippen molar-refractivity contribution in [2.24, 2.45) is 0 Å². The summed E-state index contributed by atoms with van der Waals surface area (Å²) in [5, 5.41) is 2.89. The van der Waals surface area contributed by atoms with E-state index in [2.05, 4.69) is 20.0 Å². The zero-order valence-corrected chi connectivity index (χ0v) is 7.90. The van der Waals surface area contributed by atoms with Crippen LogP contribution in [0, 0.1) is 0 Å². The molecule has 0 amide bonds. The van der Waals surface area contributed by atoms with Crippen molar-refractivity contribution in [1.29, 1.82) is 0 Å². The van der Waals surface area contributed by atoms with Gasteiger partial charge >= 0.3 is 0 Å². The molecule has 0 aromatic carbocycles. The fraction of sp³-hybridized carbons (Fsp3) is 0.333. The van der Waals surface area contributed by atoms with Crippen molar-refractivity contribution in [2.75, 3.05) is 11.9 Å². The van der Waals surface area contributed by atoms with E-state index in [4.69, 9.17) is 4.74 Å². The second-order valence-corrected chi connectivity index (χ2v) is 3.36. The Hall–Kier alpha value is -1.41. The molecule has 0 aliphatic carbocycles. The number of nitrogens with one attached hydrogen (secondary N) is 2. The van der Waals surface area contributed by atoms with E-state index in [0.717, 1.165) is 0 Å². The fourth-order valence-electron chi connectivity index (χ4n) is 1.09. The SMILES string of the molecule is O=[SH](=O)NC1CNc2nccnc2O1. The predicted octanol–water partition coefficient (Wildman–Crippen LogP) is -1.28. The summed E-state index contributed by atoms with van der Waals surface area (Å²) in [6.07, 6.45) is 2.37. The van der Waals surface area contributed by atoms with Gasteiger partial charge in [0, 0.05) is 12.4 Å². The second kappa shape index (κ2) is 3.76. The van der Waals surface area contributed by atoms with E-state index < -0.39 is 17.1 Å². The monoisotopic (exact) mass is 216 g/mol. The maximum atomic E-state index is 10.4. The van der Waals surface area contributed by atoms with E-state index >= 15 is 0 Å². The number of thiol groups is 1. The lowest BCUT2D eigenvalue weighted by Crippen LogP contribution is -2.42. The minimum atomic E-state index is -2.68. The van der Waals surface area contributed by atoms with Crippen molar-refractivity contribution >= 4 is 16.7 Å². The van der Waals surface area contributed by atoms with Gasteiger partial charge in [-0.2, -0.15) is 4.72 Å². The van der Waals surface area contributed by atoms with Gasteiger partial charge in [-0.1, -0.05) is 0 Å². The number of aromatic nitrogens is 2. The van der Waals surface area contributed by atoms with Crippen LogP contribution in [-0.4, -0.2) is 31.2 Å². The molecular formula is C6H8N4O3S. The normalized spacial score (nSPS) is 19.6. The molecule has 0 spiro atoms. The Morgan fingerprint density at radius 1 is 1.50 bits per heavy atom. The van der Waals surface area contributed by atoms with Crippen molar-refractivity contribution in [1.82, 2.24) is 14.7 Å². The third kappa shape index (κ3) is 1.91. The summed E-state index contributed by atoms with van der Waals surface area (Å²) in [7, 11) is -2.68. The Morgan fingerprint density at radius 2 is 2.29 bits per heavy atom. The Labute approximate surface area is 81.6 Å². The van der Waals surface area contributed by atoms with Gasteiger partial charge in [-0.15, -0.1) is 0 Å². The molecule has 1 aromatic rings. The Balaban J connectivity index is 2.13. The summed E-state index contributed by atoms with van der Waals surface area (Å²) >= 11 is 0. The molecule has 2 N–H and O–H groups in total. The molecule has 2 heterocycles. The van der Waals surface area contributed by atoms with Gasteiger partial charge in [0.05, 0.1) is 6.54 Å². The summed E-state index contributed by atoms with van der Waals surface area (Å²) in [5.74, 6) is 0.819. The maximum Gasteiger partial charge on any atom is 0.259 e. The minimum absolute atomic E-state index is 0.299. The first kappa shape index (κ1) is 9.16. The van der Waals surface area contributed by atoms with E-state index in [0.29, 0.717) is 18.2 Å². The Kier molecular flexibility index (Phi) is 2.46. The van der Waals surface area contributed by atoms with Crippen LogP contribution in [0.3, 0.4) is 0 Å². The average Bonchev–Trinajstić information content (AvgIpc) is 2.17. The van der Waals surface area contributed by atoms with Gasteiger partial charge in [0.25, 0.3) is 5.88 Å². The fourth-order valence-corrected chi connectivity index (χ4v) is 1.47. The van der Waals surface area contributed by atoms with Gasteiger partial charge in [0.15, 0.2) is 12.0 Å². The average molecular weight is 216 g/mol. The van der Waals surface area contributed by atoms with Crippen LogP contribution in [-0.2, 0) is 10.9 Å². The second-order valence-electron chi connectivity index (χ2n) is 2.58. The number of fused-ring (bicyclic) bond motifs is 1. The molecule has 0 saturated heterocycles. The van der Waals surface area contributed by atoms with Crippen molar-refractivity contribution in [3.05, 3.63) is 12.4 Å². The highest BCUT2D eigenvalue weighted by atomic mass is 32.2. The molecule has 1 atom stereocenters. The first-order chi connectivity index (χ1) is 6.75. The van der Waals surface area contributed by atoms with Gasteiger partial charge in [0.1, 0.15) is 0 Å². The van der Waals surface area contributed by atoms with Crippen molar-refractivity contribution in [3.63, 3.8) is 0 Å². The molecular weight excluding hydrogens is 208 g/mol. The molecule has 0 bridgehead atoms. The summed E-state index contributed by atoms with van der Waals surface area (Å²) in [5.41, 5.74) is 0. The molecule has 14 heavy (non-hydrogen) atoms. The number of nitrogens with zero attached hydrogens (tertiary/aromatic N) is 2. The van der Waals surface area contributed by atoms with Crippen LogP contribution in [0.1, 0.15) is 0 Å². The lowest BCUT2D eigenvalue weighted by molar-refractivity contribution is 0.186. The molecule has 1 aliphatic rings. The van der Waals surface area contributed by atoms with Crippen LogP contribution in [0.15, 0.2) is 12.4 Å². The number of anilines is 1. The van der Waals surface area contributed by atoms with Crippen LogP contribution >= 0.6 is 0 Å². The Morgan fingerprint density at radius 3 is 3.07 bits per heavy atom. The molecule has 0 saturated carbocycles. The Bertz CT molecular complexity index is 400. The van der Waals surface area contributed by atoms with Crippen molar-refractivity contribution in [2.45, 2.75) is 6.23 Å². The maximum absolute atomic E-state index is 10.4. The van der Waals surface area contributed by atoms with Gasteiger partial charge in [-0.3, -0.25) is 0 Å². The molecule has 0 radical (unpaired) electrons. The number of hydrogen-bond donors (Lipinski definition) is 3. The minimum Gasteiger partial charge on any atom is -0.453 e. The highest BCUT2D eigenvalue weighted by molar-refractivity contribution is 7.70. The van der Waals surface area contributed by atoms with E-state index in [-0.39, 0.29) is 0 Å². The first-order valence-corrected chi connectivity index (χ1v) is 5.05. The number of rotatable bonds is 2. The van der Waals surface area contributed by atoms with E-state index in [1.54, 1.807) is 0 Å². The van der Waals surface area contributed by atoms with E-state index in [9.17, 15) is 8.42 Å². The molecule has 2 rings (SSSR count). The molecule has 8 heteroatoms. The topological polar surface area (TPSA) is 93.2 Å². The van der Waals surface area contributed by atoms with Crippen LogP contribution in [0.2, 0.25) is 0 Å². The molecule has 0 fully saturated rings. The van der Waals surface area contributed by atoms with Gasteiger partial charge in [-0.05, 0) is 0 Å². The highest BCUT2D eigenvalue weighted by Gasteiger charge is 2.20. The van der Waals surface area contributed by atoms with Gasteiger partial charge in [-0.25, -0.2) is 18.4 Å². The molecule has 76 valence electrons. The zero-order valence-electron chi connectivity index (χ0n) is 7.01. The lowest BCUT2D eigenvalue weighted by Gasteiger charge is -2.23. The third-order valence-corrected chi connectivity index (χ3v) is 2.12. The lowest BCUT2D eigenvalue weighted by atomic mass is 10.4. The number of hydrogen-bond acceptors (Lipinski definition) is 6. The largest absolute Gasteiger partial charge is 0.453 e. The molecule has 7 nitrogen and oxygen atoms in total. The van der Waals surface area contributed by atoms with Crippen molar-refractivity contribution in [3.8, 4) is 5.88 Å². The first-order valence-electron chi connectivity index (χ1n) is 3.88.